The Kier molecular flexibility index (Phi) is 1.92. The van der Waals surface area contributed by atoms with Gasteiger partial charge in [0.2, 0.25) is 0 Å². The van der Waals surface area contributed by atoms with Crippen molar-refractivity contribution in [2.75, 3.05) is 13.1 Å². The molecule has 64 valence electrons. The van der Waals surface area contributed by atoms with Crippen molar-refractivity contribution in [2.45, 2.75) is 39.0 Å². The van der Waals surface area contributed by atoms with Gasteiger partial charge < -0.3 is 5.32 Å². The van der Waals surface area contributed by atoms with Gasteiger partial charge in [0.25, 0.3) is 0 Å². The highest BCUT2D eigenvalue weighted by molar-refractivity contribution is 4.91. The lowest BCUT2D eigenvalue weighted by Crippen LogP contribution is -2.45. The molecule has 0 amide bonds. The van der Waals surface area contributed by atoms with Gasteiger partial charge in [-0.3, -0.25) is 0 Å². The van der Waals surface area contributed by atoms with E-state index in [2.05, 4.69) is 12.2 Å². The topological polar surface area (TPSA) is 12.0 Å². The Morgan fingerprint density at radius 2 is 2.09 bits per heavy atom. The molecular formula is C10H19N. The summed E-state index contributed by atoms with van der Waals surface area (Å²) in [5.74, 6) is 1.05. The fourth-order valence-electron chi connectivity index (χ4n) is 2.53. The van der Waals surface area contributed by atoms with Crippen molar-refractivity contribution < 1.29 is 0 Å². The van der Waals surface area contributed by atoms with Crippen molar-refractivity contribution in [1.29, 1.82) is 0 Å². The first-order valence-corrected chi connectivity index (χ1v) is 5.02. The quantitative estimate of drug-likeness (QED) is 0.609. The maximum atomic E-state index is 3.52. The molecule has 2 fully saturated rings. The van der Waals surface area contributed by atoms with Crippen LogP contribution in [-0.4, -0.2) is 13.1 Å². The van der Waals surface area contributed by atoms with E-state index in [0.29, 0.717) is 5.41 Å². The Morgan fingerprint density at radius 1 is 1.27 bits per heavy atom. The number of rotatable bonds is 1. The van der Waals surface area contributed by atoms with E-state index < -0.39 is 0 Å². The van der Waals surface area contributed by atoms with Gasteiger partial charge in [-0.25, -0.2) is 0 Å². The van der Waals surface area contributed by atoms with Crippen LogP contribution in [0.5, 0.6) is 0 Å². The molecule has 1 heteroatoms. The maximum Gasteiger partial charge on any atom is 0.000782 e. The summed E-state index contributed by atoms with van der Waals surface area (Å²) in [6.07, 6.45) is 7.34. The van der Waals surface area contributed by atoms with Gasteiger partial charge in [-0.2, -0.15) is 0 Å². The van der Waals surface area contributed by atoms with E-state index in [4.69, 9.17) is 0 Å². The van der Waals surface area contributed by atoms with E-state index in [1.165, 1.54) is 45.2 Å². The number of nitrogens with one attached hydrogen (secondary N) is 1. The van der Waals surface area contributed by atoms with Crippen LogP contribution in [0.25, 0.3) is 0 Å². The third-order valence-corrected chi connectivity index (χ3v) is 3.72. The van der Waals surface area contributed by atoms with E-state index in [1.807, 2.05) is 0 Å². The molecule has 1 heterocycles. The average molecular weight is 153 g/mol. The summed E-state index contributed by atoms with van der Waals surface area (Å²) < 4.78 is 0. The Labute approximate surface area is 69.6 Å². The molecule has 1 unspecified atom stereocenters. The highest BCUT2D eigenvalue weighted by Gasteiger charge is 2.38. The lowest BCUT2D eigenvalue weighted by molar-refractivity contribution is 0.0725. The third-order valence-electron chi connectivity index (χ3n) is 3.72. The van der Waals surface area contributed by atoms with Crippen LogP contribution >= 0.6 is 0 Å². The minimum Gasteiger partial charge on any atom is -0.316 e. The van der Waals surface area contributed by atoms with Gasteiger partial charge in [-0.05, 0) is 43.6 Å². The summed E-state index contributed by atoms with van der Waals surface area (Å²) in [6.45, 7) is 5.00. The van der Waals surface area contributed by atoms with E-state index in [-0.39, 0.29) is 0 Å². The Hall–Kier alpha value is -0.0400. The van der Waals surface area contributed by atoms with Crippen molar-refractivity contribution in [3.8, 4) is 0 Å². The van der Waals surface area contributed by atoms with Crippen molar-refractivity contribution in [1.82, 2.24) is 5.32 Å². The van der Waals surface area contributed by atoms with E-state index in [1.54, 1.807) is 0 Å². The summed E-state index contributed by atoms with van der Waals surface area (Å²) in [6, 6.07) is 0. The first-order valence-electron chi connectivity index (χ1n) is 5.02. The molecule has 0 spiro atoms. The van der Waals surface area contributed by atoms with Crippen molar-refractivity contribution in [3.63, 3.8) is 0 Å². The second kappa shape index (κ2) is 2.78. The molecule has 1 nitrogen and oxygen atoms in total. The largest absolute Gasteiger partial charge is 0.316 e. The molecule has 0 bridgehead atoms. The van der Waals surface area contributed by atoms with Crippen molar-refractivity contribution in [2.24, 2.45) is 11.3 Å². The van der Waals surface area contributed by atoms with Gasteiger partial charge >= 0.3 is 0 Å². The Morgan fingerprint density at radius 3 is 2.55 bits per heavy atom. The lowest BCUT2D eigenvalue weighted by atomic mass is 9.63. The summed E-state index contributed by atoms with van der Waals surface area (Å²) in [4.78, 5) is 0. The predicted octanol–water partition coefficient (Wildman–Crippen LogP) is 2.18. The van der Waals surface area contributed by atoms with Crippen LogP contribution in [0.3, 0.4) is 0 Å². The summed E-state index contributed by atoms with van der Waals surface area (Å²) in [7, 11) is 0. The van der Waals surface area contributed by atoms with Crippen LogP contribution in [0.15, 0.2) is 0 Å². The summed E-state index contributed by atoms with van der Waals surface area (Å²) in [5, 5.41) is 3.52. The Balaban J connectivity index is 1.94. The lowest BCUT2D eigenvalue weighted by Gasteiger charge is -2.45. The summed E-state index contributed by atoms with van der Waals surface area (Å²) >= 11 is 0. The molecule has 1 saturated heterocycles. The standard InChI is InChI=1S/C10H19N/c1-10(9-4-2-5-9)6-3-7-11-8-10/h9,11H,2-8H2,1H3. The molecule has 2 rings (SSSR count). The SMILES string of the molecule is CC1(C2CCC2)CCCNC1. The molecule has 0 aromatic heterocycles. The minimum absolute atomic E-state index is 0.663. The number of piperidine rings is 1. The van der Waals surface area contributed by atoms with Gasteiger partial charge in [0, 0.05) is 6.54 Å². The fraction of sp³-hybridized carbons (Fsp3) is 1.00. The molecule has 11 heavy (non-hydrogen) atoms. The summed E-state index contributed by atoms with van der Waals surface area (Å²) in [5.41, 5.74) is 0.663. The van der Waals surface area contributed by atoms with Gasteiger partial charge in [0.1, 0.15) is 0 Å². The zero-order valence-electron chi connectivity index (χ0n) is 7.53. The van der Waals surface area contributed by atoms with Gasteiger partial charge in [0.15, 0.2) is 0 Å². The maximum absolute atomic E-state index is 3.52. The smallest absolute Gasteiger partial charge is 0.000782 e. The van der Waals surface area contributed by atoms with Crippen molar-refractivity contribution in [3.05, 3.63) is 0 Å². The van der Waals surface area contributed by atoms with Crippen LogP contribution in [0.2, 0.25) is 0 Å². The van der Waals surface area contributed by atoms with E-state index in [0.717, 1.165) is 5.92 Å². The molecular weight excluding hydrogens is 134 g/mol. The zero-order valence-corrected chi connectivity index (χ0v) is 7.53. The Bertz CT molecular complexity index is 132. The minimum atomic E-state index is 0.663. The van der Waals surface area contributed by atoms with Crippen molar-refractivity contribution >= 4 is 0 Å². The molecule has 2 aliphatic rings. The molecule has 0 aromatic carbocycles. The van der Waals surface area contributed by atoms with Crippen LogP contribution in [0.1, 0.15) is 39.0 Å². The van der Waals surface area contributed by atoms with Crippen LogP contribution in [0.4, 0.5) is 0 Å². The first-order chi connectivity index (χ1) is 5.31. The molecule has 1 aliphatic carbocycles. The normalized spacial score (nSPS) is 40.1. The van der Waals surface area contributed by atoms with Gasteiger partial charge in [0.05, 0.1) is 0 Å². The molecule has 1 N–H and O–H groups in total. The van der Waals surface area contributed by atoms with Crippen LogP contribution in [0, 0.1) is 11.3 Å². The zero-order chi connectivity index (χ0) is 7.73. The molecule has 1 saturated carbocycles. The monoisotopic (exact) mass is 153 g/mol. The number of hydrogen-bond donors (Lipinski definition) is 1. The van der Waals surface area contributed by atoms with Crippen LogP contribution < -0.4 is 5.32 Å². The van der Waals surface area contributed by atoms with Gasteiger partial charge in [-0.1, -0.05) is 13.3 Å². The second-order valence-electron chi connectivity index (χ2n) is 4.56. The average Bonchev–Trinajstić information content (AvgIpc) is 1.83. The van der Waals surface area contributed by atoms with E-state index in [9.17, 15) is 0 Å². The first kappa shape index (κ1) is 7.60. The molecule has 0 radical (unpaired) electrons. The number of hydrogen-bond acceptors (Lipinski definition) is 1. The predicted molar refractivity (Wildman–Crippen MR) is 47.6 cm³/mol. The third kappa shape index (κ3) is 1.31. The molecule has 0 aromatic rings. The molecule has 1 aliphatic heterocycles. The highest BCUT2D eigenvalue weighted by atomic mass is 14.9. The second-order valence-corrected chi connectivity index (χ2v) is 4.56. The van der Waals surface area contributed by atoms with Crippen LogP contribution in [-0.2, 0) is 0 Å². The van der Waals surface area contributed by atoms with E-state index >= 15 is 0 Å². The molecule has 1 atom stereocenters. The van der Waals surface area contributed by atoms with Gasteiger partial charge in [-0.15, -0.1) is 0 Å². The fourth-order valence-corrected chi connectivity index (χ4v) is 2.53. The highest BCUT2D eigenvalue weighted by Crippen LogP contribution is 2.45.